The molecule has 0 aromatic heterocycles. The van der Waals surface area contributed by atoms with Gasteiger partial charge in [0.15, 0.2) is 0 Å². The quantitative estimate of drug-likeness (QED) is 0.668. The zero-order valence-corrected chi connectivity index (χ0v) is 12.3. The maximum absolute atomic E-state index is 12.0. The summed E-state index contributed by atoms with van der Waals surface area (Å²) in [7, 11) is 1.37. The summed E-state index contributed by atoms with van der Waals surface area (Å²) in [5, 5.41) is 2.98. The van der Waals surface area contributed by atoms with Gasteiger partial charge < -0.3 is 10.1 Å². The minimum atomic E-state index is -0.333. The fourth-order valence-corrected chi connectivity index (χ4v) is 2.43. The van der Waals surface area contributed by atoms with Crippen LogP contribution in [-0.2, 0) is 16.0 Å². The standard InChI is InChI=1S/C17H21NO3/c1-21-17(20)15-9-7-13(8-10-15)11-12-18-16(19)14-5-3-2-4-6-14/h2-3,7-10,14H,4-6,11-12H2,1H3,(H,18,19). The molecule has 2 rings (SSSR count). The fourth-order valence-electron chi connectivity index (χ4n) is 2.43. The monoisotopic (exact) mass is 287 g/mol. The topological polar surface area (TPSA) is 55.4 Å². The molecule has 112 valence electrons. The molecule has 0 heterocycles. The molecule has 1 amide bonds. The van der Waals surface area contributed by atoms with Gasteiger partial charge in [-0.2, -0.15) is 0 Å². The van der Waals surface area contributed by atoms with Gasteiger partial charge in [0.2, 0.25) is 5.91 Å². The molecule has 0 saturated heterocycles. The van der Waals surface area contributed by atoms with Crippen LogP contribution in [-0.4, -0.2) is 25.5 Å². The first-order valence-corrected chi connectivity index (χ1v) is 7.30. The summed E-state index contributed by atoms with van der Waals surface area (Å²) in [6.07, 6.45) is 7.75. The lowest BCUT2D eigenvalue weighted by atomic mass is 9.93. The van der Waals surface area contributed by atoms with Crippen LogP contribution in [0.15, 0.2) is 36.4 Å². The van der Waals surface area contributed by atoms with E-state index >= 15 is 0 Å². The number of methoxy groups -OCH3 is 1. The van der Waals surface area contributed by atoms with Crippen LogP contribution in [0, 0.1) is 5.92 Å². The van der Waals surface area contributed by atoms with Gasteiger partial charge in [-0.05, 0) is 43.4 Å². The largest absolute Gasteiger partial charge is 0.465 e. The Balaban J connectivity index is 1.76. The molecule has 0 bridgehead atoms. The van der Waals surface area contributed by atoms with Gasteiger partial charge in [-0.1, -0.05) is 24.3 Å². The number of ether oxygens (including phenoxy) is 1. The van der Waals surface area contributed by atoms with Crippen molar-refractivity contribution < 1.29 is 14.3 Å². The zero-order chi connectivity index (χ0) is 15.1. The van der Waals surface area contributed by atoms with Crippen molar-refractivity contribution in [2.75, 3.05) is 13.7 Å². The number of amides is 1. The third kappa shape index (κ3) is 4.45. The van der Waals surface area contributed by atoms with Crippen LogP contribution in [0.25, 0.3) is 0 Å². The van der Waals surface area contributed by atoms with Crippen molar-refractivity contribution in [3.63, 3.8) is 0 Å². The molecule has 1 aromatic carbocycles. The molecule has 1 atom stereocenters. The summed E-state index contributed by atoms with van der Waals surface area (Å²) >= 11 is 0. The van der Waals surface area contributed by atoms with Gasteiger partial charge in [-0.15, -0.1) is 0 Å². The van der Waals surface area contributed by atoms with Crippen LogP contribution >= 0.6 is 0 Å². The molecule has 1 aromatic rings. The lowest BCUT2D eigenvalue weighted by Gasteiger charge is -2.17. The van der Waals surface area contributed by atoms with Crippen LogP contribution < -0.4 is 5.32 Å². The van der Waals surface area contributed by atoms with E-state index in [0.29, 0.717) is 12.1 Å². The maximum atomic E-state index is 12.0. The van der Waals surface area contributed by atoms with Crippen molar-refractivity contribution in [1.82, 2.24) is 5.32 Å². The number of benzene rings is 1. The van der Waals surface area contributed by atoms with Crippen LogP contribution in [0.2, 0.25) is 0 Å². The summed E-state index contributed by atoms with van der Waals surface area (Å²) in [6.45, 7) is 0.622. The number of carbonyl (C=O) groups excluding carboxylic acids is 2. The Labute approximate surface area is 125 Å². The highest BCUT2D eigenvalue weighted by Gasteiger charge is 2.17. The Bertz CT molecular complexity index is 519. The maximum Gasteiger partial charge on any atom is 0.337 e. The molecule has 1 aliphatic carbocycles. The first-order chi connectivity index (χ1) is 10.2. The van der Waals surface area contributed by atoms with Crippen molar-refractivity contribution in [3.05, 3.63) is 47.5 Å². The molecular weight excluding hydrogens is 266 g/mol. The number of esters is 1. The molecule has 0 saturated carbocycles. The lowest BCUT2D eigenvalue weighted by molar-refractivity contribution is -0.125. The molecular formula is C17H21NO3. The molecule has 1 unspecified atom stereocenters. The van der Waals surface area contributed by atoms with Gasteiger partial charge in [-0.3, -0.25) is 4.79 Å². The van der Waals surface area contributed by atoms with E-state index in [-0.39, 0.29) is 17.8 Å². The SMILES string of the molecule is COC(=O)c1ccc(CCNC(=O)C2CC=CCC2)cc1. The van der Waals surface area contributed by atoms with Crippen LogP contribution in [0.3, 0.4) is 0 Å². The normalized spacial score (nSPS) is 17.3. The Morgan fingerprint density at radius 1 is 1.24 bits per heavy atom. The van der Waals surface area contributed by atoms with E-state index in [1.165, 1.54) is 7.11 Å². The van der Waals surface area contributed by atoms with E-state index in [9.17, 15) is 9.59 Å². The summed E-state index contributed by atoms with van der Waals surface area (Å²) in [5.41, 5.74) is 1.63. The molecule has 0 radical (unpaired) electrons. The summed E-state index contributed by atoms with van der Waals surface area (Å²) < 4.78 is 4.65. The third-order valence-corrected chi connectivity index (χ3v) is 3.73. The molecule has 21 heavy (non-hydrogen) atoms. The summed E-state index contributed by atoms with van der Waals surface area (Å²) in [5.74, 6) is -0.0672. The van der Waals surface area contributed by atoms with Crippen molar-refractivity contribution in [2.24, 2.45) is 5.92 Å². The molecule has 4 nitrogen and oxygen atoms in total. The summed E-state index contributed by atoms with van der Waals surface area (Å²) in [4.78, 5) is 23.3. The highest BCUT2D eigenvalue weighted by atomic mass is 16.5. The molecule has 4 heteroatoms. The number of hydrogen-bond donors (Lipinski definition) is 1. The average molecular weight is 287 g/mol. The first-order valence-electron chi connectivity index (χ1n) is 7.30. The molecule has 1 aliphatic rings. The number of allylic oxidation sites excluding steroid dienone is 2. The van der Waals surface area contributed by atoms with Crippen LogP contribution in [0.4, 0.5) is 0 Å². The smallest absolute Gasteiger partial charge is 0.337 e. The van der Waals surface area contributed by atoms with Crippen LogP contribution in [0.1, 0.15) is 35.2 Å². The Morgan fingerprint density at radius 2 is 2.00 bits per heavy atom. The molecule has 0 spiro atoms. The number of nitrogens with one attached hydrogen (secondary N) is 1. The van der Waals surface area contributed by atoms with Crippen molar-refractivity contribution in [3.8, 4) is 0 Å². The first kappa shape index (κ1) is 15.3. The molecule has 1 N–H and O–H groups in total. The van der Waals surface area contributed by atoms with Crippen molar-refractivity contribution in [1.29, 1.82) is 0 Å². The van der Waals surface area contributed by atoms with Crippen LogP contribution in [0.5, 0.6) is 0 Å². The number of rotatable bonds is 5. The van der Waals surface area contributed by atoms with Crippen molar-refractivity contribution in [2.45, 2.75) is 25.7 Å². The van der Waals surface area contributed by atoms with Gasteiger partial charge in [0.05, 0.1) is 12.7 Å². The zero-order valence-electron chi connectivity index (χ0n) is 12.3. The van der Waals surface area contributed by atoms with Crippen molar-refractivity contribution >= 4 is 11.9 Å². The minimum Gasteiger partial charge on any atom is -0.465 e. The van der Waals surface area contributed by atoms with E-state index < -0.39 is 0 Å². The minimum absolute atomic E-state index is 0.122. The second-order valence-electron chi connectivity index (χ2n) is 5.21. The Hall–Kier alpha value is -2.10. The van der Waals surface area contributed by atoms with Gasteiger partial charge in [0.25, 0.3) is 0 Å². The third-order valence-electron chi connectivity index (χ3n) is 3.73. The number of hydrogen-bond acceptors (Lipinski definition) is 3. The molecule has 0 aliphatic heterocycles. The van der Waals surface area contributed by atoms with Gasteiger partial charge >= 0.3 is 5.97 Å². The Morgan fingerprint density at radius 3 is 2.62 bits per heavy atom. The predicted molar refractivity (Wildman–Crippen MR) is 81.0 cm³/mol. The number of carbonyl (C=O) groups is 2. The van der Waals surface area contributed by atoms with Gasteiger partial charge in [-0.25, -0.2) is 4.79 Å². The van der Waals surface area contributed by atoms with E-state index in [1.807, 2.05) is 12.1 Å². The Kier molecular flexibility index (Phi) is 5.55. The van der Waals surface area contributed by atoms with E-state index in [2.05, 4.69) is 22.2 Å². The average Bonchev–Trinajstić information content (AvgIpc) is 2.55. The predicted octanol–water partition coefficient (Wildman–Crippen LogP) is 2.49. The highest BCUT2D eigenvalue weighted by Crippen LogP contribution is 2.17. The lowest BCUT2D eigenvalue weighted by Crippen LogP contribution is -2.32. The van der Waals surface area contributed by atoms with E-state index in [0.717, 1.165) is 31.2 Å². The van der Waals surface area contributed by atoms with E-state index in [1.54, 1.807) is 12.1 Å². The summed E-state index contributed by atoms with van der Waals surface area (Å²) in [6, 6.07) is 7.27. The second-order valence-corrected chi connectivity index (χ2v) is 5.21. The molecule has 0 fully saturated rings. The van der Waals surface area contributed by atoms with Gasteiger partial charge in [0, 0.05) is 12.5 Å². The van der Waals surface area contributed by atoms with Gasteiger partial charge in [0.1, 0.15) is 0 Å². The highest BCUT2D eigenvalue weighted by molar-refractivity contribution is 5.89. The fraction of sp³-hybridized carbons (Fsp3) is 0.412. The van der Waals surface area contributed by atoms with E-state index in [4.69, 9.17) is 0 Å². The second kappa shape index (κ2) is 7.62.